The predicted octanol–water partition coefficient (Wildman–Crippen LogP) is 2.40. The van der Waals surface area contributed by atoms with Gasteiger partial charge in [-0.3, -0.25) is 0 Å². The number of hydrogen-bond donors (Lipinski definition) is 0. The number of rotatable bonds is 4. The average molecular weight is 193 g/mol. The standard InChI is InChI=1S/C11H15NO2/c1-9-4-6-11(7-5-9)14-8-10(2)12-13-3/h4-7H,8H2,1-3H3/b12-10-. The summed E-state index contributed by atoms with van der Waals surface area (Å²) in [5.74, 6) is 0.848. The van der Waals surface area contributed by atoms with Crippen LogP contribution in [-0.2, 0) is 4.84 Å². The number of hydrogen-bond acceptors (Lipinski definition) is 3. The molecule has 1 aromatic carbocycles. The first kappa shape index (κ1) is 10.6. The van der Waals surface area contributed by atoms with Crippen molar-refractivity contribution in [2.75, 3.05) is 13.7 Å². The van der Waals surface area contributed by atoms with Gasteiger partial charge in [0.15, 0.2) is 0 Å². The highest BCUT2D eigenvalue weighted by Crippen LogP contribution is 2.11. The molecule has 76 valence electrons. The molecule has 0 aliphatic rings. The van der Waals surface area contributed by atoms with E-state index >= 15 is 0 Å². The van der Waals surface area contributed by atoms with E-state index < -0.39 is 0 Å². The fourth-order valence-corrected chi connectivity index (χ4v) is 1.00. The summed E-state index contributed by atoms with van der Waals surface area (Å²) in [7, 11) is 1.52. The van der Waals surface area contributed by atoms with Gasteiger partial charge in [0.25, 0.3) is 0 Å². The van der Waals surface area contributed by atoms with Gasteiger partial charge in [0.1, 0.15) is 19.5 Å². The lowest BCUT2D eigenvalue weighted by Crippen LogP contribution is -2.07. The van der Waals surface area contributed by atoms with Crippen molar-refractivity contribution in [1.82, 2.24) is 0 Å². The minimum Gasteiger partial charge on any atom is -0.488 e. The lowest BCUT2D eigenvalue weighted by molar-refractivity contribution is 0.209. The molecule has 0 amide bonds. The molecule has 0 radical (unpaired) electrons. The van der Waals surface area contributed by atoms with Crippen molar-refractivity contribution in [3.8, 4) is 5.75 Å². The van der Waals surface area contributed by atoms with E-state index in [0.29, 0.717) is 6.61 Å². The van der Waals surface area contributed by atoms with Crippen molar-refractivity contribution in [2.45, 2.75) is 13.8 Å². The molecule has 0 saturated heterocycles. The minimum atomic E-state index is 0.455. The van der Waals surface area contributed by atoms with Gasteiger partial charge < -0.3 is 9.57 Å². The van der Waals surface area contributed by atoms with Crippen LogP contribution in [0.4, 0.5) is 0 Å². The van der Waals surface area contributed by atoms with E-state index in [9.17, 15) is 0 Å². The van der Waals surface area contributed by atoms with Crippen molar-refractivity contribution in [1.29, 1.82) is 0 Å². The maximum Gasteiger partial charge on any atom is 0.129 e. The molecule has 0 aliphatic heterocycles. The Morgan fingerprint density at radius 1 is 1.29 bits per heavy atom. The zero-order valence-corrected chi connectivity index (χ0v) is 8.78. The molecule has 1 rings (SSSR count). The summed E-state index contributed by atoms with van der Waals surface area (Å²) < 4.78 is 5.46. The molecule has 0 fully saturated rings. The Bertz CT molecular complexity index is 304. The molecule has 3 nitrogen and oxygen atoms in total. The van der Waals surface area contributed by atoms with E-state index in [-0.39, 0.29) is 0 Å². The van der Waals surface area contributed by atoms with Gasteiger partial charge in [-0.15, -0.1) is 0 Å². The molecular formula is C11H15NO2. The number of benzene rings is 1. The molecule has 0 spiro atoms. The summed E-state index contributed by atoms with van der Waals surface area (Å²) in [6.45, 7) is 4.36. The van der Waals surface area contributed by atoms with Crippen LogP contribution in [0.25, 0.3) is 0 Å². The van der Waals surface area contributed by atoms with Crippen molar-refractivity contribution in [3.63, 3.8) is 0 Å². The first-order valence-electron chi connectivity index (χ1n) is 4.48. The maximum atomic E-state index is 5.46. The zero-order valence-electron chi connectivity index (χ0n) is 8.78. The third-order valence-electron chi connectivity index (χ3n) is 1.72. The molecule has 1 aromatic rings. The molecule has 3 heteroatoms. The summed E-state index contributed by atoms with van der Waals surface area (Å²) in [5.41, 5.74) is 2.03. The van der Waals surface area contributed by atoms with Crippen LogP contribution in [0.1, 0.15) is 12.5 Å². The van der Waals surface area contributed by atoms with Gasteiger partial charge in [-0.05, 0) is 26.0 Å². The van der Waals surface area contributed by atoms with Crippen LogP contribution >= 0.6 is 0 Å². The zero-order chi connectivity index (χ0) is 10.4. The second kappa shape index (κ2) is 5.27. The minimum absolute atomic E-state index is 0.455. The molecule has 0 aliphatic carbocycles. The third kappa shape index (κ3) is 3.47. The Morgan fingerprint density at radius 2 is 1.93 bits per heavy atom. The lowest BCUT2D eigenvalue weighted by atomic mass is 10.2. The van der Waals surface area contributed by atoms with E-state index in [2.05, 4.69) is 9.99 Å². The first-order valence-corrected chi connectivity index (χ1v) is 4.48. The van der Waals surface area contributed by atoms with Crippen LogP contribution in [0.3, 0.4) is 0 Å². The smallest absolute Gasteiger partial charge is 0.129 e. The highest BCUT2D eigenvalue weighted by molar-refractivity contribution is 5.82. The maximum absolute atomic E-state index is 5.46. The van der Waals surface area contributed by atoms with Crippen molar-refractivity contribution in [2.24, 2.45) is 5.16 Å². The number of oxime groups is 1. The largest absolute Gasteiger partial charge is 0.488 e. The molecule has 0 bridgehead atoms. The Morgan fingerprint density at radius 3 is 2.50 bits per heavy atom. The Labute approximate surface area is 84.3 Å². The Hall–Kier alpha value is -1.51. The van der Waals surface area contributed by atoms with E-state index in [1.54, 1.807) is 0 Å². The fourth-order valence-electron chi connectivity index (χ4n) is 1.00. The van der Waals surface area contributed by atoms with Crippen molar-refractivity contribution < 1.29 is 9.57 Å². The van der Waals surface area contributed by atoms with Gasteiger partial charge >= 0.3 is 0 Å². The second-order valence-corrected chi connectivity index (χ2v) is 3.11. The number of nitrogens with zero attached hydrogens (tertiary/aromatic N) is 1. The fraction of sp³-hybridized carbons (Fsp3) is 0.364. The predicted molar refractivity (Wildman–Crippen MR) is 56.8 cm³/mol. The normalized spacial score (nSPS) is 11.2. The third-order valence-corrected chi connectivity index (χ3v) is 1.72. The van der Waals surface area contributed by atoms with Crippen molar-refractivity contribution >= 4 is 5.71 Å². The summed E-state index contributed by atoms with van der Waals surface area (Å²) in [6, 6.07) is 7.90. The quantitative estimate of drug-likeness (QED) is 0.543. The molecule has 0 heterocycles. The Kier molecular flexibility index (Phi) is 3.98. The van der Waals surface area contributed by atoms with Gasteiger partial charge in [0.05, 0.1) is 5.71 Å². The van der Waals surface area contributed by atoms with Crippen molar-refractivity contribution in [3.05, 3.63) is 29.8 Å². The van der Waals surface area contributed by atoms with E-state index in [1.165, 1.54) is 12.7 Å². The van der Waals surface area contributed by atoms with Crippen LogP contribution in [0.5, 0.6) is 5.75 Å². The number of ether oxygens (including phenoxy) is 1. The van der Waals surface area contributed by atoms with Crippen LogP contribution in [0, 0.1) is 6.92 Å². The topological polar surface area (TPSA) is 30.8 Å². The van der Waals surface area contributed by atoms with Gasteiger partial charge in [-0.1, -0.05) is 22.9 Å². The van der Waals surface area contributed by atoms with Gasteiger partial charge in [0.2, 0.25) is 0 Å². The second-order valence-electron chi connectivity index (χ2n) is 3.11. The van der Waals surface area contributed by atoms with Crippen LogP contribution < -0.4 is 4.74 Å². The van der Waals surface area contributed by atoms with Crippen LogP contribution in [-0.4, -0.2) is 19.4 Å². The van der Waals surface area contributed by atoms with E-state index in [4.69, 9.17) is 4.74 Å². The van der Waals surface area contributed by atoms with Crippen LogP contribution in [0.15, 0.2) is 29.4 Å². The molecule has 0 atom stereocenters. The summed E-state index contributed by atoms with van der Waals surface area (Å²) in [5, 5.41) is 3.75. The van der Waals surface area contributed by atoms with Gasteiger partial charge in [-0.2, -0.15) is 0 Å². The first-order chi connectivity index (χ1) is 6.72. The SMILES string of the molecule is CO/N=C(/C)COc1ccc(C)cc1. The van der Waals surface area contributed by atoms with Crippen LogP contribution in [0.2, 0.25) is 0 Å². The van der Waals surface area contributed by atoms with E-state index in [0.717, 1.165) is 11.5 Å². The van der Waals surface area contributed by atoms with Gasteiger partial charge in [-0.25, -0.2) is 0 Å². The molecule has 0 N–H and O–H groups in total. The molecule has 0 saturated carbocycles. The highest BCUT2D eigenvalue weighted by atomic mass is 16.6. The van der Waals surface area contributed by atoms with Gasteiger partial charge in [0, 0.05) is 0 Å². The molecule has 14 heavy (non-hydrogen) atoms. The average Bonchev–Trinajstić information content (AvgIpc) is 2.17. The summed E-state index contributed by atoms with van der Waals surface area (Å²) >= 11 is 0. The molecular weight excluding hydrogens is 178 g/mol. The molecule has 0 unspecified atom stereocenters. The lowest BCUT2D eigenvalue weighted by Gasteiger charge is -2.05. The highest BCUT2D eigenvalue weighted by Gasteiger charge is 1.95. The number of aryl methyl sites for hydroxylation is 1. The monoisotopic (exact) mass is 193 g/mol. The molecule has 0 aromatic heterocycles. The Balaban J connectivity index is 2.46. The summed E-state index contributed by atoms with van der Waals surface area (Å²) in [4.78, 5) is 4.62. The summed E-state index contributed by atoms with van der Waals surface area (Å²) in [6.07, 6.45) is 0. The van der Waals surface area contributed by atoms with E-state index in [1.807, 2.05) is 38.1 Å².